The van der Waals surface area contributed by atoms with E-state index in [1.165, 1.54) is 4.68 Å². The molecule has 1 aliphatic rings. The van der Waals surface area contributed by atoms with Gasteiger partial charge in [-0.05, 0) is 18.2 Å². The summed E-state index contributed by atoms with van der Waals surface area (Å²) >= 11 is 0. The summed E-state index contributed by atoms with van der Waals surface area (Å²) in [4.78, 5) is 39.1. The van der Waals surface area contributed by atoms with Crippen LogP contribution in [0.5, 0.6) is 5.75 Å². The number of carbonyl (C=O) groups excluding carboxylic acids is 2. The number of aryl methyl sites for hydroxylation is 1. The van der Waals surface area contributed by atoms with Crippen molar-refractivity contribution in [2.24, 2.45) is 13.0 Å². The highest BCUT2D eigenvalue weighted by Crippen LogP contribution is 2.28. The average Bonchev–Trinajstić information content (AvgIpc) is 3.17. The Kier molecular flexibility index (Phi) is 5.22. The standard InChI is InChI=1S/C22H22N4O4/c1-25-22(29)18-9-4-3-8-17(18)19(24-25)12-23-21(28)14-10-20(27)26(13-14)15-6-5-7-16(11-15)30-2/h3-9,11,14H,10,12-13H2,1-2H3,(H,23,28). The number of ether oxygens (including phenoxy) is 1. The fourth-order valence-electron chi connectivity index (χ4n) is 3.73. The van der Waals surface area contributed by atoms with Crippen molar-refractivity contribution >= 4 is 28.3 Å². The van der Waals surface area contributed by atoms with Crippen LogP contribution in [-0.4, -0.2) is 35.2 Å². The number of carbonyl (C=O) groups is 2. The zero-order chi connectivity index (χ0) is 21.3. The molecule has 2 heterocycles. The fraction of sp³-hybridized carbons (Fsp3) is 0.273. The van der Waals surface area contributed by atoms with E-state index in [4.69, 9.17) is 4.74 Å². The van der Waals surface area contributed by atoms with Crippen LogP contribution in [0.15, 0.2) is 53.3 Å². The maximum atomic E-state index is 12.7. The van der Waals surface area contributed by atoms with Crippen LogP contribution in [0.1, 0.15) is 12.1 Å². The van der Waals surface area contributed by atoms with Gasteiger partial charge in [-0.3, -0.25) is 14.4 Å². The molecule has 0 spiro atoms. The minimum atomic E-state index is -0.456. The van der Waals surface area contributed by atoms with Crippen molar-refractivity contribution in [3.8, 4) is 5.75 Å². The third kappa shape index (κ3) is 3.63. The van der Waals surface area contributed by atoms with Crippen molar-refractivity contribution in [3.63, 3.8) is 0 Å². The Hall–Kier alpha value is -3.68. The van der Waals surface area contributed by atoms with Crippen molar-refractivity contribution < 1.29 is 14.3 Å². The number of amides is 2. The van der Waals surface area contributed by atoms with Crippen LogP contribution in [0.3, 0.4) is 0 Å². The zero-order valence-corrected chi connectivity index (χ0v) is 16.8. The van der Waals surface area contributed by atoms with Crippen LogP contribution in [0, 0.1) is 5.92 Å². The van der Waals surface area contributed by atoms with Gasteiger partial charge in [0.15, 0.2) is 0 Å². The summed E-state index contributed by atoms with van der Waals surface area (Å²) < 4.78 is 6.49. The first-order valence-corrected chi connectivity index (χ1v) is 9.65. The smallest absolute Gasteiger partial charge is 0.274 e. The summed E-state index contributed by atoms with van der Waals surface area (Å²) in [6.07, 6.45) is 0.143. The molecule has 0 bridgehead atoms. The molecule has 154 valence electrons. The van der Waals surface area contributed by atoms with E-state index in [0.717, 1.165) is 0 Å². The Morgan fingerprint density at radius 1 is 1.17 bits per heavy atom. The maximum Gasteiger partial charge on any atom is 0.274 e. The molecule has 1 N–H and O–H groups in total. The Balaban J connectivity index is 1.48. The highest BCUT2D eigenvalue weighted by molar-refractivity contribution is 6.00. The van der Waals surface area contributed by atoms with Crippen molar-refractivity contribution in [1.82, 2.24) is 15.1 Å². The van der Waals surface area contributed by atoms with Crippen LogP contribution in [0.2, 0.25) is 0 Å². The molecule has 8 heteroatoms. The quantitative estimate of drug-likeness (QED) is 0.695. The van der Waals surface area contributed by atoms with Crippen LogP contribution in [0.25, 0.3) is 10.8 Å². The van der Waals surface area contributed by atoms with Gasteiger partial charge in [0, 0.05) is 37.2 Å². The van der Waals surface area contributed by atoms with Crippen LogP contribution >= 0.6 is 0 Å². The summed E-state index contributed by atoms with van der Waals surface area (Å²) in [5.41, 5.74) is 1.13. The van der Waals surface area contributed by atoms with E-state index in [2.05, 4.69) is 10.4 Å². The SMILES string of the molecule is COc1cccc(N2CC(C(=O)NCc3nn(C)c(=O)c4ccccc34)CC2=O)c1. The van der Waals surface area contributed by atoms with Gasteiger partial charge in [-0.1, -0.05) is 24.3 Å². The van der Waals surface area contributed by atoms with Crippen LogP contribution < -0.4 is 20.5 Å². The van der Waals surface area contributed by atoms with Crippen LogP contribution in [0.4, 0.5) is 5.69 Å². The second kappa shape index (κ2) is 7.98. The third-order valence-electron chi connectivity index (χ3n) is 5.32. The van der Waals surface area contributed by atoms with Gasteiger partial charge in [0.2, 0.25) is 11.8 Å². The molecule has 1 unspecified atom stereocenters. The van der Waals surface area contributed by atoms with Gasteiger partial charge in [-0.25, -0.2) is 4.68 Å². The van der Waals surface area contributed by atoms with Gasteiger partial charge < -0.3 is 15.0 Å². The predicted molar refractivity (Wildman–Crippen MR) is 112 cm³/mol. The first-order valence-electron chi connectivity index (χ1n) is 9.65. The summed E-state index contributed by atoms with van der Waals surface area (Å²) in [7, 11) is 3.15. The van der Waals surface area contributed by atoms with Crippen LogP contribution in [-0.2, 0) is 23.2 Å². The molecular weight excluding hydrogens is 384 g/mol. The molecule has 1 fully saturated rings. The van der Waals surface area contributed by atoms with E-state index >= 15 is 0 Å². The number of hydrogen-bond acceptors (Lipinski definition) is 5. The lowest BCUT2D eigenvalue weighted by Gasteiger charge is -2.17. The van der Waals surface area contributed by atoms with Gasteiger partial charge in [0.05, 0.1) is 30.7 Å². The number of nitrogens with one attached hydrogen (secondary N) is 1. The normalized spacial score (nSPS) is 16.1. The molecule has 30 heavy (non-hydrogen) atoms. The average molecular weight is 406 g/mol. The number of anilines is 1. The Bertz CT molecular complexity index is 1190. The lowest BCUT2D eigenvalue weighted by Crippen LogP contribution is -2.33. The lowest BCUT2D eigenvalue weighted by atomic mass is 10.1. The highest BCUT2D eigenvalue weighted by atomic mass is 16.5. The molecule has 0 radical (unpaired) electrons. The third-order valence-corrected chi connectivity index (χ3v) is 5.32. The molecule has 4 rings (SSSR count). The molecule has 0 aliphatic carbocycles. The Morgan fingerprint density at radius 2 is 1.93 bits per heavy atom. The highest BCUT2D eigenvalue weighted by Gasteiger charge is 2.35. The number of hydrogen-bond donors (Lipinski definition) is 1. The molecule has 1 aliphatic heterocycles. The summed E-state index contributed by atoms with van der Waals surface area (Å²) in [6.45, 7) is 0.483. The number of methoxy groups -OCH3 is 1. The largest absolute Gasteiger partial charge is 0.497 e. The number of rotatable bonds is 5. The summed E-state index contributed by atoms with van der Waals surface area (Å²) in [6, 6.07) is 14.4. The molecule has 2 aromatic carbocycles. The van der Waals surface area contributed by atoms with Crippen molar-refractivity contribution in [1.29, 1.82) is 0 Å². The van der Waals surface area contributed by atoms with Crippen molar-refractivity contribution in [2.75, 3.05) is 18.6 Å². The van der Waals surface area contributed by atoms with E-state index in [-0.39, 0.29) is 30.3 Å². The van der Waals surface area contributed by atoms with Crippen molar-refractivity contribution in [3.05, 3.63) is 64.6 Å². The molecule has 1 aromatic heterocycles. The maximum absolute atomic E-state index is 12.7. The summed E-state index contributed by atoms with van der Waals surface area (Å²) in [5.74, 6) is -0.120. The van der Waals surface area contributed by atoms with Gasteiger partial charge in [0.1, 0.15) is 5.75 Å². The topological polar surface area (TPSA) is 93.5 Å². The fourth-order valence-corrected chi connectivity index (χ4v) is 3.73. The second-order valence-electron chi connectivity index (χ2n) is 7.25. The zero-order valence-electron chi connectivity index (χ0n) is 16.8. The van der Waals surface area contributed by atoms with Crippen molar-refractivity contribution in [2.45, 2.75) is 13.0 Å². The van der Waals surface area contributed by atoms with E-state index in [1.54, 1.807) is 43.3 Å². The Morgan fingerprint density at radius 3 is 2.70 bits per heavy atom. The first kappa shape index (κ1) is 19.6. The molecule has 0 saturated carbocycles. The van der Waals surface area contributed by atoms with E-state index in [1.807, 2.05) is 24.3 Å². The number of aromatic nitrogens is 2. The lowest BCUT2D eigenvalue weighted by molar-refractivity contribution is -0.126. The molecule has 3 aromatic rings. The van der Waals surface area contributed by atoms with Gasteiger partial charge in [0.25, 0.3) is 5.56 Å². The number of nitrogens with zero attached hydrogens (tertiary/aromatic N) is 3. The van der Waals surface area contributed by atoms with E-state index in [0.29, 0.717) is 34.4 Å². The molecular formula is C22H22N4O4. The van der Waals surface area contributed by atoms with Gasteiger partial charge in [-0.2, -0.15) is 5.10 Å². The minimum absolute atomic E-state index is 0.103. The van der Waals surface area contributed by atoms with Gasteiger partial charge >= 0.3 is 0 Å². The molecule has 1 atom stereocenters. The number of fused-ring (bicyclic) bond motifs is 1. The minimum Gasteiger partial charge on any atom is -0.497 e. The first-order chi connectivity index (χ1) is 14.5. The summed E-state index contributed by atoms with van der Waals surface area (Å²) in [5, 5.41) is 8.43. The predicted octanol–water partition coefficient (Wildman–Crippen LogP) is 1.61. The molecule has 2 amide bonds. The monoisotopic (exact) mass is 406 g/mol. The second-order valence-corrected chi connectivity index (χ2v) is 7.25. The number of benzene rings is 2. The van der Waals surface area contributed by atoms with E-state index in [9.17, 15) is 14.4 Å². The van der Waals surface area contributed by atoms with Gasteiger partial charge in [-0.15, -0.1) is 0 Å². The Labute approximate surface area is 173 Å². The van der Waals surface area contributed by atoms with E-state index < -0.39 is 5.92 Å². The molecule has 8 nitrogen and oxygen atoms in total. The molecule has 1 saturated heterocycles.